The van der Waals surface area contributed by atoms with Crippen LogP contribution in [0.25, 0.3) is 0 Å². The largest absolute Gasteiger partial charge is 0.495 e. The number of rotatable bonds is 5. The summed E-state index contributed by atoms with van der Waals surface area (Å²) in [4.78, 5) is 0. The number of halogens is 1. The van der Waals surface area contributed by atoms with Crippen molar-refractivity contribution in [2.45, 2.75) is 33.2 Å². The Hall–Kier alpha value is -1.68. The summed E-state index contributed by atoms with van der Waals surface area (Å²) in [5, 5.41) is 8.65. The van der Waals surface area contributed by atoms with Gasteiger partial charge >= 0.3 is 0 Å². The van der Waals surface area contributed by atoms with E-state index < -0.39 is 0 Å². The van der Waals surface area contributed by atoms with Gasteiger partial charge in [0.1, 0.15) is 5.75 Å². The number of ether oxygens (including phenoxy) is 1. The molecule has 0 radical (unpaired) electrons. The van der Waals surface area contributed by atoms with Gasteiger partial charge in [0.15, 0.2) is 0 Å². The lowest BCUT2D eigenvalue weighted by molar-refractivity contribution is 0.416. The van der Waals surface area contributed by atoms with E-state index >= 15 is 0 Å². The van der Waals surface area contributed by atoms with Crippen LogP contribution in [0.1, 0.15) is 36.6 Å². The van der Waals surface area contributed by atoms with Gasteiger partial charge in [-0.2, -0.15) is 5.10 Å². The molecule has 0 spiro atoms. The highest BCUT2D eigenvalue weighted by atomic mass is 35.5. The molecular formula is C16H22ClN3O. The molecule has 0 saturated carbocycles. The van der Waals surface area contributed by atoms with E-state index in [9.17, 15) is 0 Å². The van der Waals surface area contributed by atoms with Crippen LogP contribution in [0, 0.1) is 6.92 Å². The van der Waals surface area contributed by atoms with E-state index in [1.807, 2.05) is 30.8 Å². The molecule has 0 unspecified atom stereocenters. The first-order chi connectivity index (χ1) is 9.92. The molecule has 0 aliphatic rings. The molecule has 21 heavy (non-hydrogen) atoms. The standard InChI is InChI=1S/C16H22ClN3O/c1-10(2)16-12(9-20(4)19-16)8-18-14-6-11(3)13(17)7-15(14)21-5/h6-7,9-10,18H,8H2,1-5H3. The van der Waals surface area contributed by atoms with Crippen LogP contribution in [0.2, 0.25) is 5.02 Å². The van der Waals surface area contributed by atoms with Gasteiger partial charge < -0.3 is 10.1 Å². The van der Waals surface area contributed by atoms with Gasteiger partial charge in [-0.25, -0.2) is 0 Å². The van der Waals surface area contributed by atoms with Crippen LogP contribution in [-0.4, -0.2) is 16.9 Å². The normalized spacial score (nSPS) is 11.0. The minimum absolute atomic E-state index is 0.400. The summed E-state index contributed by atoms with van der Waals surface area (Å²) in [6, 6.07) is 3.85. The number of hydrogen-bond acceptors (Lipinski definition) is 3. The predicted molar refractivity (Wildman–Crippen MR) is 87.4 cm³/mol. The fourth-order valence-electron chi connectivity index (χ4n) is 2.34. The first kappa shape index (κ1) is 15.7. The van der Waals surface area contributed by atoms with Crippen molar-refractivity contribution in [3.8, 4) is 5.75 Å². The van der Waals surface area contributed by atoms with Crippen molar-refractivity contribution in [1.29, 1.82) is 0 Å². The highest BCUT2D eigenvalue weighted by molar-refractivity contribution is 6.31. The molecule has 1 heterocycles. The van der Waals surface area contributed by atoms with Crippen LogP contribution < -0.4 is 10.1 Å². The van der Waals surface area contributed by atoms with Crippen molar-refractivity contribution in [2.75, 3.05) is 12.4 Å². The molecule has 0 amide bonds. The Labute approximate surface area is 131 Å². The Bertz CT molecular complexity index is 635. The fourth-order valence-corrected chi connectivity index (χ4v) is 2.49. The van der Waals surface area contributed by atoms with Crippen molar-refractivity contribution in [1.82, 2.24) is 9.78 Å². The van der Waals surface area contributed by atoms with Gasteiger partial charge in [0.2, 0.25) is 0 Å². The minimum atomic E-state index is 0.400. The van der Waals surface area contributed by atoms with E-state index in [1.54, 1.807) is 7.11 Å². The van der Waals surface area contributed by atoms with Gasteiger partial charge in [-0.1, -0.05) is 25.4 Å². The van der Waals surface area contributed by atoms with Crippen LogP contribution >= 0.6 is 11.6 Å². The predicted octanol–water partition coefficient (Wildman–Crippen LogP) is 4.13. The van der Waals surface area contributed by atoms with Gasteiger partial charge in [0.05, 0.1) is 18.5 Å². The lowest BCUT2D eigenvalue weighted by Crippen LogP contribution is -2.04. The molecule has 0 aliphatic heterocycles. The summed E-state index contributed by atoms with van der Waals surface area (Å²) in [5.41, 5.74) is 4.28. The second-order valence-corrected chi connectivity index (χ2v) is 5.93. The summed E-state index contributed by atoms with van der Waals surface area (Å²) >= 11 is 6.13. The molecule has 2 rings (SSSR count). The zero-order chi connectivity index (χ0) is 15.6. The van der Waals surface area contributed by atoms with Crippen LogP contribution in [0.3, 0.4) is 0 Å². The molecular weight excluding hydrogens is 286 g/mol. The summed E-state index contributed by atoms with van der Waals surface area (Å²) in [6.45, 7) is 6.99. The zero-order valence-electron chi connectivity index (χ0n) is 13.2. The summed E-state index contributed by atoms with van der Waals surface area (Å²) in [6.07, 6.45) is 2.05. The number of nitrogens with zero attached hydrogens (tertiary/aromatic N) is 2. The topological polar surface area (TPSA) is 39.1 Å². The lowest BCUT2D eigenvalue weighted by Gasteiger charge is -2.13. The van der Waals surface area contributed by atoms with Gasteiger partial charge in [0.25, 0.3) is 0 Å². The monoisotopic (exact) mass is 307 g/mol. The molecule has 2 aromatic rings. The second kappa shape index (κ2) is 6.39. The van der Waals surface area contributed by atoms with E-state index in [0.717, 1.165) is 22.7 Å². The van der Waals surface area contributed by atoms with E-state index in [4.69, 9.17) is 16.3 Å². The first-order valence-electron chi connectivity index (χ1n) is 7.02. The Morgan fingerprint density at radius 3 is 2.71 bits per heavy atom. The SMILES string of the molecule is COc1cc(Cl)c(C)cc1NCc1cn(C)nc1C(C)C. The number of anilines is 1. The zero-order valence-corrected chi connectivity index (χ0v) is 14.0. The number of nitrogens with one attached hydrogen (secondary N) is 1. The van der Waals surface area contributed by atoms with E-state index in [0.29, 0.717) is 17.5 Å². The second-order valence-electron chi connectivity index (χ2n) is 5.52. The molecule has 1 aromatic carbocycles. The third-order valence-corrected chi connectivity index (χ3v) is 3.84. The molecule has 0 atom stereocenters. The van der Waals surface area contributed by atoms with Crippen molar-refractivity contribution < 1.29 is 4.74 Å². The number of aromatic nitrogens is 2. The van der Waals surface area contributed by atoms with E-state index in [1.165, 1.54) is 5.56 Å². The van der Waals surface area contributed by atoms with Gasteiger partial charge in [-0.15, -0.1) is 0 Å². The number of methoxy groups -OCH3 is 1. The van der Waals surface area contributed by atoms with Crippen LogP contribution in [0.15, 0.2) is 18.3 Å². The van der Waals surface area contributed by atoms with Crippen LogP contribution in [0.5, 0.6) is 5.75 Å². The maximum atomic E-state index is 6.13. The highest BCUT2D eigenvalue weighted by Gasteiger charge is 2.12. The maximum absolute atomic E-state index is 6.13. The Balaban J connectivity index is 2.22. The third kappa shape index (κ3) is 3.50. The lowest BCUT2D eigenvalue weighted by atomic mass is 10.1. The number of aryl methyl sites for hydroxylation is 2. The smallest absolute Gasteiger partial charge is 0.143 e. The number of benzene rings is 1. The van der Waals surface area contributed by atoms with Crippen molar-refractivity contribution in [3.05, 3.63) is 40.2 Å². The minimum Gasteiger partial charge on any atom is -0.495 e. The van der Waals surface area contributed by atoms with Crippen LogP contribution in [0.4, 0.5) is 5.69 Å². The van der Waals surface area contributed by atoms with Crippen molar-refractivity contribution >= 4 is 17.3 Å². The van der Waals surface area contributed by atoms with Crippen molar-refractivity contribution in [3.63, 3.8) is 0 Å². The molecule has 5 heteroatoms. The molecule has 114 valence electrons. The van der Waals surface area contributed by atoms with E-state index in [2.05, 4.69) is 30.5 Å². The molecule has 0 fully saturated rings. The van der Waals surface area contributed by atoms with Gasteiger partial charge in [-0.3, -0.25) is 4.68 Å². The van der Waals surface area contributed by atoms with E-state index in [-0.39, 0.29) is 0 Å². The summed E-state index contributed by atoms with van der Waals surface area (Å²) in [5.74, 6) is 1.15. The average Bonchev–Trinajstić information content (AvgIpc) is 2.81. The summed E-state index contributed by atoms with van der Waals surface area (Å²) in [7, 11) is 3.60. The highest BCUT2D eigenvalue weighted by Crippen LogP contribution is 2.31. The maximum Gasteiger partial charge on any atom is 0.143 e. The molecule has 0 aliphatic carbocycles. The first-order valence-corrected chi connectivity index (χ1v) is 7.40. The Morgan fingerprint density at radius 1 is 1.38 bits per heavy atom. The number of hydrogen-bond donors (Lipinski definition) is 1. The fraction of sp³-hybridized carbons (Fsp3) is 0.438. The molecule has 0 saturated heterocycles. The Morgan fingerprint density at radius 2 is 2.10 bits per heavy atom. The molecule has 1 N–H and O–H groups in total. The van der Waals surface area contributed by atoms with Crippen LogP contribution in [-0.2, 0) is 13.6 Å². The van der Waals surface area contributed by atoms with Gasteiger partial charge in [0, 0.05) is 36.4 Å². The van der Waals surface area contributed by atoms with Gasteiger partial charge in [-0.05, 0) is 24.5 Å². The Kier molecular flexibility index (Phi) is 4.78. The van der Waals surface area contributed by atoms with Crippen molar-refractivity contribution in [2.24, 2.45) is 7.05 Å². The molecule has 1 aromatic heterocycles. The third-order valence-electron chi connectivity index (χ3n) is 3.43. The average molecular weight is 308 g/mol. The molecule has 0 bridgehead atoms. The summed E-state index contributed by atoms with van der Waals surface area (Å²) < 4.78 is 7.24. The molecule has 4 nitrogen and oxygen atoms in total. The quantitative estimate of drug-likeness (QED) is 0.903.